The van der Waals surface area contributed by atoms with E-state index in [2.05, 4.69) is 0 Å². The van der Waals surface area contributed by atoms with Gasteiger partial charge in [0.1, 0.15) is 0 Å². The van der Waals surface area contributed by atoms with E-state index in [9.17, 15) is 0 Å². The average Bonchev–Trinajstić information content (AvgIpc) is 2.20. The van der Waals surface area contributed by atoms with Crippen LogP contribution in [0.1, 0.15) is 125 Å². The quantitative estimate of drug-likeness (QED) is 0.238. The summed E-state index contributed by atoms with van der Waals surface area (Å²) in [6, 6.07) is 0. The Labute approximate surface area is 236 Å². The van der Waals surface area contributed by atoms with Crippen LogP contribution in [-0.2, 0) is 50.7 Å². The molecule has 36 heavy (non-hydrogen) atoms. The molecular formula is C24H62N2O6S2Si2. The molecule has 0 aromatic rings. The van der Waals surface area contributed by atoms with E-state index in [-0.39, 0.29) is 45.9 Å². The van der Waals surface area contributed by atoms with Crippen molar-refractivity contribution in [3.05, 3.63) is 0 Å². The topological polar surface area (TPSA) is 128 Å². The van der Waals surface area contributed by atoms with E-state index >= 15 is 0 Å². The summed E-state index contributed by atoms with van der Waals surface area (Å²) < 4.78 is 35.3. The summed E-state index contributed by atoms with van der Waals surface area (Å²) in [5, 5.41) is 0. The minimum absolute atomic E-state index is 0. The molecule has 224 valence electrons. The van der Waals surface area contributed by atoms with Crippen LogP contribution < -0.4 is 12.3 Å². The molecule has 0 rings (SSSR count). The molecule has 0 aromatic heterocycles. The van der Waals surface area contributed by atoms with Gasteiger partial charge in [-0.25, -0.2) is 0 Å². The molecule has 0 bridgehead atoms. The maximum absolute atomic E-state index is 5.89. The van der Waals surface area contributed by atoms with Gasteiger partial charge in [0, 0.05) is 0 Å². The third-order valence-corrected chi connectivity index (χ3v) is 9.26. The molecule has 0 aromatic carbocycles. The van der Waals surface area contributed by atoms with E-state index in [1.807, 2.05) is 125 Å². The van der Waals surface area contributed by atoms with Gasteiger partial charge in [0.05, 0.1) is 33.6 Å². The molecule has 0 spiro atoms. The zero-order valence-corrected chi connectivity index (χ0v) is 30.9. The van der Waals surface area contributed by atoms with Crippen LogP contribution in [0.15, 0.2) is 0 Å². The van der Waals surface area contributed by atoms with E-state index in [1.54, 1.807) is 0 Å². The average molecular weight is 595 g/mol. The van der Waals surface area contributed by atoms with Crippen molar-refractivity contribution in [1.82, 2.24) is 12.3 Å². The zero-order valence-electron chi connectivity index (χ0n) is 27.3. The highest BCUT2D eigenvalue weighted by Crippen LogP contribution is 2.28. The number of rotatable bonds is 6. The van der Waals surface area contributed by atoms with Crippen LogP contribution in [-0.4, -0.2) is 49.5 Å². The van der Waals surface area contributed by atoms with Gasteiger partial charge >= 0.3 is 15.9 Å². The van der Waals surface area contributed by atoms with E-state index in [4.69, 9.17) is 50.7 Å². The minimum atomic E-state index is -3.07. The minimum Gasteiger partial charge on any atom is -0.708 e. The van der Waals surface area contributed by atoms with Gasteiger partial charge in [-0.15, -0.1) is 0 Å². The molecule has 0 saturated heterocycles. The van der Waals surface area contributed by atoms with Crippen molar-refractivity contribution in [2.45, 2.75) is 158 Å². The largest absolute Gasteiger partial charge is 0.708 e. The predicted molar refractivity (Wildman–Crippen MR) is 163 cm³/mol. The first-order valence-electron chi connectivity index (χ1n) is 11.9. The molecule has 0 unspecified atom stereocenters. The fourth-order valence-corrected chi connectivity index (χ4v) is 11.6. The van der Waals surface area contributed by atoms with Crippen molar-refractivity contribution in [1.29, 1.82) is 0 Å². The zero-order chi connectivity index (χ0) is 28.2. The first-order valence-corrected chi connectivity index (χ1v) is 17.6. The third kappa shape index (κ3) is 29.4. The maximum Gasteiger partial charge on any atom is 0.346 e. The molecule has 0 saturated carbocycles. The predicted octanol–water partition coefficient (Wildman–Crippen LogP) is 7.58. The normalized spacial score (nSPS) is 14.3. The molecule has 8 nitrogen and oxygen atoms in total. The Morgan fingerprint density at radius 1 is 0.306 bits per heavy atom. The summed E-state index contributed by atoms with van der Waals surface area (Å²) in [7, 11) is -6.14. The lowest BCUT2D eigenvalue weighted by molar-refractivity contribution is -0.0593. The SMILES string of the molecule is CC(C)(C)O[Si]([S-])(OC(C)(C)C)OC(C)(C)C.CC(C)(C)O[Si]([S-])(OC(C)(C)C)OC(C)(C)C.[NH4+].[NH4+]. The monoisotopic (exact) mass is 594 g/mol. The van der Waals surface area contributed by atoms with E-state index < -0.39 is 15.9 Å². The second-order valence-corrected chi connectivity index (χ2v) is 20.5. The number of quaternary nitrogens is 2. The highest BCUT2D eigenvalue weighted by atomic mass is 32.3. The van der Waals surface area contributed by atoms with Crippen LogP contribution in [0.4, 0.5) is 0 Å². The number of hydrogen-bond donors (Lipinski definition) is 2. The molecule has 0 fully saturated rings. The van der Waals surface area contributed by atoms with Gasteiger partial charge in [-0.1, -0.05) is 0 Å². The van der Waals surface area contributed by atoms with Crippen LogP contribution in [0.3, 0.4) is 0 Å². The first kappa shape index (κ1) is 43.9. The van der Waals surface area contributed by atoms with Gasteiger partial charge in [0.2, 0.25) is 0 Å². The molecule has 0 radical (unpaired) electrons. The van der Waals surface area contributed by atoms with Crippen molar-refractivity contribution in [3.63, 3.8) is 0 Å². The molecule has 0 aliphatic carbocycles. The highest BCUT2D eigenvalue weighted by Gasteiger charge is 2.38. The van der Waals surface area contributed by atoms with Gasteiger partial charge < -0.3 is 63.0 Å². The van der Waals surface area contributed by atoms with Crippen molar-refractivity contribution >= 4 is 40.1 Å². The Hall–Kier alpha value is 0.814. The third-order valence-electron chi connectivity index (χ3n) is 2.59. The lowest BCUT2D eigenvalue weighted by Crippen LogP contribution is -2.55. The van der Waals surface area contributed by atoms with E-state index in [0.717, 1.165) is 0 Å². The van der Waals surface area contributed by atoms with E-state index in [1.165, 1.54) is 0 Å². The summed E-state index contributed by atoms with van der Waals surface area (Å²) >= 11 is 11.0. The second kappa shape index (κ2) is 14.4. The number of hydrogen-bond acceptors (Lipinski definition) is 8. The van der Waals surface area contributed by atoms with Gasteiger partial charge in [-0.3, -0.25) is 0 Å². The van der Waals surface area contributed by atoms with Crippen LogP contribution in [0, 0.1) is 0 Å². The summed E-state index contributed by atoms with van der Waals surface area (Å²) in [4.78, 5) is 0. The highest BCUT2D eigenvalue weighted by molar-refractivity contribution is 7.94. The smallest absolute Gasteiger partial charge is 0.346 e. The Balaban J connectivity index is -0.000000269. The van der Waals surface area contributed by atoms with E-state index in [0.29, 0.717) is 0 Å². The fourth-order valence-electron chi connectivity index (χ4n) is 2.38. The summed E-state index contributed by atoms with van der Waals surface area (Å²) in [5.41, 5.74) is -2.22. The van der Waals surface area contributed by atoms with Crippen molar-refractivity contribution in [2.75, 3.05) is 0 Å². The maximum atomic E-state index is 5.89. The van der Waals surface area contributed by atoms with Crippen molar-refractivity contribution < 1.29 is 26.6 Å². The van der Waals surface area contributed by atoms with Crippen molar-refractivity contribution in [3.8, 4) is 0 Å². The van der Waals surface area contributed by atoms with Gasteiger partial charge in [-0.05, 0) is 125 Å². The standard InChI is InChI=1S/2C12H27O3SSi.2H3N/c2*1-10(2,3)13-17(16,14-11(4,5)6)15-12(7,8)9;;/h2*1-9H3;2*1H3/q2*-1;;/p+2. The lowest BCUT2D eigenvalue weighted by atomic mass is 10.2. The molecule has 0 amide bonds. The van der Waals surface area contributed by atoms with Crippen LogP contribution in [0.2, 0.25) is 0 Å². The molecule has 12 heteroatoms. The van der Waals surface area contributed by atoms with Gasteiger partial charge in [-0.2, -0.15) is 0 Å². The molecule has 0 aliphatic rings. The Morgan fingerprint density at radius 2 is 0.389 bits per heavy atom. The van der Waals surface area contributed by atoms with Crippen LogP contribution in [0.5, 0.6) is 0 Å². The first-order chi connectivity index (χ1) is 14.2. The van der Waals surface area contributed by atoms with Gasteiger partial charge in [0.25, 0.3) is 0 Å². The Kier molecular flexibility index (Phi) is 17.6. The summed E-state index contributed by atoms with van der Waals surface area (Å²) in [6.45, 7) is 35.2. The van der Waals surface area contributed by atoms with Gasteiger partial charge in [0.15, 0.2) is 0 Å². The molecule has 0 atom stereocenters. The Morgan fingerprint density at radius 3 is 0.444 bits per heavy atom. The second-order valence-electron chi connectivity index (χ2n) is 14.3. The van der Waals surface area contributed by atoms with Crippen LogP contribution >= 0.6 is 0 Å². The fraction of sp³-hybridized carbons (Fsp3) is 1.00. The summed E-state index contributed by atoms with van der Waals surface area (Å²) in [5.74, 6) is 0. The van der Waals surface area contributed by atoms with Crippen LogP contribution in [0.25, 0.3) is 0 Å². The molecular weight excluding hydrogens is 533 g/mol. The molecule has 0 heterocycles. The molecule has 8 N–H and O–H groups in total. The Bertz CT molecular complexity index is 479. The van der Waals surface area contributed by atoms with Crippen molar-refractivity contribution in [2.24, 2.45) is 0 Å². The molecule has 0 aliphatic heterocycles. The summed E-state index contributed by atoms with van der Waals surface area (Å²) in [6.07, 6.45) is 0. The lowest BCUT2D eigenvalue weighted by Gasteiger charge is -2.48.